The van der Waals surface area contributed by atoms with Gasteiger partial charge in [0.2, 0.25) is 0 Å². The Kier molecular flexibility index (Phi) is 6.75. The van der Waals surface area contributed by atoms with Crippen LogP contribution in [0.15, 0.2) is 18.6 Å². The zero-order chi connectivity index (χ0) is 22.7. The number of nitrogens with one attached hydrogen (secondary N) is 1. The van der Waals surface area contributed by atoms with Crippen molar-refractivity contribution in [3.63, 3.8) is 0 Å². The second-order valence-corrected chi connectivity index (χ2v) is 8.29. The molecule has 4 rings (SSSR count). The Balaban J connectivity index is 1.49. The average Bonchev–Trinajstić information content (AvgIpc) is 3.20. The van der Waals surface area contributed by atoms with Crippen LogP contribution in [0.5, 0.6) is 0 Å². The summed E-state index contributed by atoms with van der Waals surface area (Å²) in [7, 11) is 1.83. The molecule has 0 radical (unpaired) electrons. The standard InChI is InChI=1S/C21H26F3N5O3/c1-29-12-25-11-18(29)19-27-16(13-6-8-31-9-7-13)10-17(28-19)20(30)26-14-2-4-15(5-3-14)32-21(22,23)24/h10-15H,2-9H2,1H3,(H,26,30). The summed E-state index contributed by atoms with van der Waals surface area (Å²) >= 11 is 0. The van der Waals surface area contributed by atoms with Gasteiger partial charge in [0.1, 0.15) is 11.4 Å². The van der Waals surface area contributed by atoms with Crippen LogP contribution in [0, 0.1) is 0 Å². The molecule has 1 aliphatic heterocycles. The Morgan fingerprint density at radius 1 is 1.16 bits per heavy atom. The SMILES string of the molecule is Cn1cncc1-c1nc(C(=O)NC2CCC(OC(F)(F)F)CC2)cc(C2CCOCC2)n1. The van der Waals surface area contributed by atoms with Gasteiger partial charge >= 0.3 is 6.36 Å². The predicted molar refractivity (Wildman–Crippen MR) is 108 cm³/mol. The van der Waals surface area contributed by atoms with E-state index in [1.54, 1.807) is 23.2 Å². The summed E-state index contributed by atoms with van der Waals surface area (Å²) in [6, 6.07) is 1.49. The van der Waals surface area contributed by atoms with Crippen molar-refractivity contribution in [3.8, 4) is 11.5 Å². The van der Waals surface area contributed by atoms with E-state index >= 15 is 0 Å². The maximum absolute atomic E-state index is 13.0. The number of carbonyl (C=O) groups is 1. The van der Waals surface area contributed by atoms with E-state index in [0.717, 1.165) is 18.5 Å². The first kappa shape index (κ1) is 22.7. The second kappa shape index (κ2) is 9.53. The van der Waals surface area contributed by atoms with Crippen molar-refractivity contribution in [1.82, 2.24) is 24.8 Å². The van der Waals surface area contributed by atoms with Crippen molar-refractivity contribution in [2.45, 2.75) is 63.0 Å². The summed E-state index contributed by atoms with van der Waals surface area (Å²) in [5.74, 6) is 0.228. The molecule has 2 aromatic rings. The molecule has 0 atom stereocenters. The van der Waals surface area contributed by atoms with Crippen molar-refractivity contribution in [2.24, 2.45) is 7.05 Å². The van der Waals surface area contributed by atoms with Gasteiger partial charge in [-0.05, 0) is 44.6 Å². The van der Waals surface area contributed by atoms with Gasteiger partial charge in [-0.3, -0.25) is 9.53 Å². The predicted octanol–water partition coefficient (Wildman–Crippen LogP) is 3.35. The van der Waals surface area contributed by atoms with E-state index in [4.69, 9.17) is 9.72 Å². The van der Waals surface area contributed by atoms with E-state index in [0.29, 0.717) is 37.6 Å². The van der Waals surface area contributed by atoms with Crippen LogP contribution < -0.4 is 5.32 Å². The highest BCUT2D eigenvalue weighted by atomic mass is 19.4. The molecule has 0 unspecified atom stereocenters. The molecule has 1 amide bonds. The molecule has 1 saturated carbocycles. The molecular weight excluding hydrogens is 427 g/mol. The third kappa shape index (κ3) is 5.63. The van der Waals surface area contributed by atoms with Gasteiger partial charge in [-0.15, -0.1) is 13.2 Å². The van der Waals surface area contributed by atoms with E-state index in [1.165, 1.54) is 0 Å². The molecule has 1 aliphatic carbocycles. The molecule has 1 saturated heterocycles. The van der Waals surface area contributed by atoms with Gasteiger partial charge in [-0.1, -0.05) is 0 Å². The largest absolute Gasteiger partial charge is 0.522 e. The van der Waals surface area contributed by atoms with Crippen molar-refractivity contribution >= 4 is 5.91 Å². The van der Waals surface area contributed by atoms with Crippen LogP contribution in [0.1, 0.15) is 60.6 Å². The molecule has 0 bridgehead atoms. The topological polar surface area (TPSA) is 91.2 Å². The van der Waals surface area contributed by atoms with Crippen LogP contribution in [0.4, 0.5) is 13.2 Å². The second-order valence-electron chi connectivity index (χ2n) is 8.29. The van der Waals surface area contributed by atoms with Crippen molar-refractivity contribution in [3.05, 3.63) is 30.0 Å². The summed E-state index contributed by atoms with van der Waals surface area (Å²) in [5.41, 5.74) is 1.72. The maximum atomic E-state index is 13.0. The minimum atomic E-state index is -4.63. The van der Waals surface area contributed by atoms with Crippen molar-refractivity contribution in [1.29, 1.82) is 0 Å². The Morgan fingerprint density at radius 3 is 2.50 bits per heavy atom. The van der Waals surface area contributed by atoms with Crippen molar-refractivity contribution < 1.29 is 27.4 Å². The molecule has 2 aliphatic rings. The summed E-state index contributed by atoms with van der Waals surface area (Å²) in [6.07, 6.45) is 0.719. The van der Waals surface area contributed by atoms with E-state index < -0.39 is 12.5 Å². The molecule has 0 spiro atoms. The Bertz CT molecular complexity index is 935. The minimum Gasteiger partial charge on any atom is -0.381 e. The summed E-state index contributed by atoms with van der Waals surface area (Å²) in [5, 5.41) is 2.92. The highest BCUT2D eigenvalue weighted by Crippen LogP contribution is 2.29. The first-order valence-corrected chi connectivity index (χ1v) is 10.8. The van der Waals surface area contributed by atoms with Gasteiger partial charge in [0.15, 0.2) is 5.82 Å². The quantitative estimate of drug-likeness (QED) is 0.747. The molecule has 2 fully saturated rings. The maximum Gasteiger partial charge on any atom is 0.522 e. The average molecular weight is 453 g/mol. The van der Waals surface area contributed by atoms with Gasteiger partial charge in [0.25, 0.3) is 5.91 Å². The Morgan fingerprint density at radius 2 is 1.88 bits per heavy atom. The van der Waals surface area contributed by atoms with Crippen LogP contribution in [0.3, 0.4) is 0 Å². The van der Waals surface area contributed by atoms with E-state index in [1.807, 2.05) is 7.05 Å². The molecule has 8 nitrogen and oxygen atoms in total. The number of aromatic nitrogens is 4. The molecule has 11 heteroatoms. The Labute approximate surface area is 183 Å². The van der Waals surface area contributed by atoms with Crippen LogP contribution in [-0.2, 0) is 16.5 Å². The van der Waals surface area contributed by atoms with Crippen LogP contribution in [0.2, 0.25) is 0 Å². The lowest BCUT2D eigenvalue weighted by atomic mass is 9.92. The zero-order valence-electron chi connectivity index (χ0n) is 17.8. The molecule has 3 heterocycles. The lowest BCUT2D eigenvalue weighted by Crippen LogP contribution is -2.40. The molecular formula is C21H26F3N5O3. The molecule has 174 valence electrons. The number of imidazole rings is 1. The fraction of sp³-hybridized carbons (Fsp3) is 0.619. The number of hydrogen-bond donors (Lipinski definition) is 1. The lowest BCUT2D eigenvalue weighted by Gasteiger charge is -2.29. The van der Waals surface area contributed by atoms with E-state index in [-0.39, 0.29) is 36.4 Å². The van der Waals surface area contributed by atoms with Crippen LogP contribution in [0.25, 0.3) is 11.5 Å². The number of nitrogens with zero attached hydrogens (tertiary/aromatic N) is 4. The molecule has 0 aromatic carbocycles. The van der Waals surface area contributed by atoms with Gasteiger partial charge in [0.05, 0.1) is 18.6 Å². The van der Waals surface area contributed by atoms with Crippen LogP contribution in [-0.4, -0.2) is 57.1 Å². The zero-order valence-corrected chi connectivity index (χ0v) is 17.8. The summed E-state index contributed by atoms with van der Waals surface area (Å²) in [6.45, 7) is 1.28. The third-order valence-corrected chi connectivity index (χ3v) is 5.97. The fourth-order valence-electron chi connectivity index (χ4n) is 4.25. The van der Waals surface area contributed by atoms with Gasteiger partial charge in [-0.2, -0.15) is 0 Å². The minimum absolute atomic E-state index is 0.167. The fourth-order valence-corrected chi connectivity index (χ4v) is 4.25. The van der Waals surface area contributed by atoms with Gasteiger partial charge in [-0.25, -0.2) is 15.0 Å². The first-order chi connectivity index (χ1) is 15.3. The number of ether oxygens (including phenoxy) is 2. The molecule has 2 aromatic heterocycles. The van der Waals surface area contributed by atoms with Crippen LogP contribution >= 0.6 is 0 Å². The number of halogens is 3. The number of aryl methyl sites for hydroxylation is 1. The smallest absolute Gasteiger partial charge is 0.381 e. The number of rotatable bonds is 5. The third-order valence-electron chi connectivity index (χ3n) is 5.97. The molecule has 1 N–H and O–H groups in total. The van der Waals surface area contributed by atoms with E-state index in [2.05, 4.69) is 20.0 Å². The summed E-state index contributed by atoms with van der Waals surface area (Å²) < 4.78 is 48.6. The van der Waals surface area contributed by atoms with Gasteiger partial charge < -0.3 is 14.6 Å². The van der Waals surface area contributed by atoms with Crippen molar-refractivity contribution in [2.75, 3.05) is 13.2 Å². The highest BCUT2D eigenvalue weighted by Gasteiger charge is 2.35. The first-order valence-electron chi connectivity index (χ1n) is 10.8. The van der Waals surface area contributed by atoms with Gasteiger partial charge in [0, 0.05) is 37.9 Å². The summed E-state index contributed by atoms with van der Waals surface area (Å²) in [4.78, 5) is 26.3. The number of hydrogen-bond acceptors (Lipinski definition) is 6. The Hall–Kier alpha value is -2.53. The monoisotopic (exact) mass is 453 g/mol. The highest BCUT2D eigenvalue weighted by molar-refractivity contribution is 5.93. The lowest BCUT2D eigenvalue weighted by molar-refractivity contribution is -0.345. The normalized spacial score (nSPS) is 22.6. The molecule has 32 heavy (non-hydrogen) atoms. The van der Waals surface area contributed by atoms with E-state index in [9.17, 15) is 18.0 Å². The number of amides is 1. The number of alkyl halides is 3. The number of carbonyl (C=O) groups excluding carboxylic acids is 1.